The van der Waals surface area contributed by atoms with E-state index < -0.39 is 55.2 Å². The zero-order valence-electron chi connectivity index (χ0n) is 10.0. The van der Waals surface area contributed by atoms with Crippen molar-refractivity contribution in [1.82, 2.24) is 10.6 Å². The molecule has 11 heteroatoms. The van der Waals surface area contributed by atoms with Gasteiger partial charge in [0.15, 0.2) is 6.35 Å². The molecule has 0 unspecified atom stereocenters. The molecule has 0 aliphatic rings. The lowest BCUT2D eigenvalue weighted by Crippen LogP contribution is -2.55. The van der Waals surface area contributed by atoms with Crippen molar-refractivity contribution in [3.05, 3.63) is 0 Å². The first kappa shape index (κ1) is 17.8. The third-order valence-corrected chi connectivity index (χ3v) is 2.07. The van der Waals surface area contributed by atoms with Crippen LogP contribution in [0.1, 0.15) is 12.8 Å². The average Bonchev–Trinajstić information content (AvgIpc) is 2.25. The molecule has 20 heavy (non-hydrogen) atoms. The third kappa shape index (κ3) is 7.25. The van der Waals surface area contributed by atoms with Crippen LogP contribution < -0.4 is 10.6 Å². The van der Waals surface area contributed by atoms with Gasteiger partial charge in [0.25, 0.3) is 0 Å². The van der Waals surface area contributed by atoms with E-state index in [9.17, 15) is 24.3 Å². The lowest BCUT2D eigenvalue weighted by Gasteiger charge is -2.22. The monoisotopic (exact) mass is 294 g/mol. The summed E-state index contributed by atoms with van der Waals surface area (Å²) < 4.78 is 0. The maximum atomic E-state index is 10.7. The number of aliphatic carboxylic acids is 4. The van der Waals surface area contributed by atoms with Gasteiger partial charge >= 0.3 is 23.9 Å². The van der Waals surface area contributed by atoms with Crippen LogP contribution in [0.2, 0.25) is 0 Å². The van der Waals surface area contributed by atoms with E-state index in [1.807, 2.05) is 10.6 Å². The van der Waals surface area contributed by atoms with Crippen LogP contribution >= 0.6 is 0 Å². The van der Waals surface area contributed by atoms with E-state index in [0.717, 1.165) is 0 Å². The predicted molar refractivity (Wildman–Crippen MR) is 59.6 cm³/mol. The molecule has 0 aromatic rings. The van der Waals surface area contributed by atoms with Gasteiger partial charge in [0.1, 0.15) is 12.1 Å². The minimum absolute atomic E-state index is 0.856. The molecule has 0 bridgehead atoms. The molecule has 11 nitrogen and oxygen atoms in total. The molecule has 7 N–H and O–H groups in total. The van der Waals surface area contributed by atoms with Gasteiger partial charge in [-0.1, -0.05) is 0 Å². The van der Waals surface area contributed by atoms with Crippen molar-refractivity contribution in [1.29, 1.82) is 0 Å². The molecular weight excluding hydrogens is 280 g/mol. The van der Waals surface area contributed by atoms with Gasteiger partial charge in [0, 0.05) is 0 Å². The molecule has 0 spiro atoms. The third-order valence-electron chi connectivity index (χ3n) is 2.07. The molecular formula is C9H14N2O9. The highest BCUT2D eigenvalue weighted by Gasteiger charge is 2.27. The summed E-state index contributed by atoms with van der Waals surface area (Å²) in [7, 11) is 0. The van der Waals surface area contributed by atoms with Gasteiger partial charge in [-0.15, -0.1) is 0 Å². The van der Waals surface area contributed by atoms with E-state index in [1.54, 1.807) is 0 Å². The van der Waals surface area contributed by atoms with Gasteiger partial charge in [-0.25, -0.2) is 0 Å². The van der Waals surface area contributed by atoms with Crippen molar-refractivity contribution in [3.63, 3.8) is 0 Å². The van der Waals surface area contributed by atoms with Crippen molar-refractivity contribution in [2.45, 2.75) is 31.3 Å². The van der Waals surface area contributed by atoms with Crippen molar-refractivity contribution in [2.24, 2.45) is 0 Å². The number of hydrogen-bond donors (Lipinski definition) is 7. The van der Waals surface area contributed by atoms with E-state index in [0.29, 0.717) is 0 Å². The number of carbonyl (C=O) groups is 4. The Morgan fingerprint density at radius 1 is 0.750 bits per heavy atom. The van der Waals surface area contributed by atoms with Gasteiger partial charge < -0.3 is 25.5 Å². The maximum absolute atomic E-state index is 10.7. The Morgan fingerprint density at radius 3 is 1.25 bits per heavy atom. The lowest BCUT2D eigenvalue weighted by atomic mass is 10.2. The number of rotatable bonds is 10. The SMILES string of the molecule is O=C(O)C[C@H](NC(O)N[C@@H](CC(=O)O)C(=O)O)C(=O)O. The van der Waals surface area contributed by atoms with Crippen LogP contribution in [0.4, 0.5) is 0 Å². The standard InChI is InChI=1S/C9H14N2O9/c12-5(13)1-3(7(16)17)10-9(20)11-4(8(18)19)2-6(14)15/h3-4,9-11,20H,1-2H2,(H,12,13)(H,14,15)(H,16,17)(H,18,19)/t3-,4-/m0/s1. The molecule has 0 aromatic carbocycles. The van der Waals surface area contributed by atoms with Crippen molar-refractivity contribution in [3.8, 4) is 0 Å². The number of nitrogens with one attached hydrogen (secondary N) is 2. The second kappa shape index (κ2) is 8.04. The number of hydrogen-bond acceptors (Lipinski definition) is 7. The number of aliphatic hydroxyl groups is 1. The lowest BCUT2D eigenvalue weighted by molar-refractivity contribution is -0.149. The van der Waals surface area contributed by atoms with E-state index in [2.05, 4.69) is 0 Å². The van der Waals surface area contributed by atoms with E-state index >= 15 is 0 Å². The van der Waals surface area contributed by atoms with Gasteiger partial charge in [0.2, 0.25) is 0 Å². The highest BCUT2D eigenvalue weighted by Crippen LogP contribution is 1.97. The average molecular weight is 294 g/mol. The van der Waals surface area contributed by atoms with Crippen molar-refractivity contribution in [2.75, 3.05) is 0 Å². The summed E-state index contributed by atoms with van der Waals surface area (Å²) in [5.41, 5.74) is 0. The minimum atomic E-state index is -1.91. The van der Waals surface area contributed by atoms with E-state index in [-0.39, 0.29) is 0 Å². The Hall–Kier alpha value is -2.24. The summed E-state index contributed by atoms with van der Waals surface area (Å²) >= 11 is 0. The normalized spacial score (nSPS) is 13.7. The van der Waals surface area contributed by atoms with Crippen LogP contribution in [0.25, 0.3) is 0 Å². The molecule has 114 valence electrons. The van der Waals surface area contributed by atoms with Crippen LogP contribution in [0, 0.1) is 0 Å². The molecule has 0 aliphatic heterocycles. The smallest absolute Gasteiger partial charge is 0.321 e. The largest absolute Gasteiger partial charge is 0.481 e. The molecule has 0 saturated heterocycles. The second-order valence-corrected chi connectivity index (χ2v) is 3.71. The molecule has 0 aliphatic carbocycles. The first-order valence-electron chi connectivity index (χ1n) is 5.22. The topological polar surface area (TPSA) is 193 Å². The van der Waals surface area contributed by atoms with Crippen LogP contribution in [0.3, 0.4) is 0 Å². The Morgan fingerprint density at radius 2 is 1.05 bits per heavy atom. The van der Waals surface area contributed by atoms with Crippen molar-refractivity contribution < 1.29 is 44.7 Å². The zero-order chi connectivity index (χ0) is 15.9. The summed E-state index contributed by atoms with van der Waals surface area (Å²) in [6.07, 6.45) is -3.62. The minimum Gasteiger partial charge on any atom is -0.481 e. The molecule has 0 rings (SSSR count). The predicted octanol–water partition coefficient (Wildman–Crippen LogP) is -2.70. The van der Waals surface area contributed by atoms with Gasteiger partial charge in [-0.3, -0.25) is 29.8 Å². The molecule has 0 aromatic heterocycles. The quantitative estimate of drug-likeness (QED) is 0.207. The first-order chi connectivity index (χ1) is 9.13. The Balaban J connectivity index is 4.59. The number of carboxylic acid groups (broad SMARTS) is 4. The van der Waals surface area contributed by atoms with Crippen LogP contribution in [-0.4, -0.2) is 67.8 Å². The maximum Gasteiger partial charge on any atom is 0.321 e. The van der Waals surface area contributed by atoms with Gasteiger partial charge in [-0.2, -0.15) is 0 Å². The van der Waals surface area contributed by atoms with Crippen LogP contribution in [-0.2, 0) is 19.2 Å². The van der Waals surface area contributed by atoms with E-state index in [1.165, 1.54) is 0 Å². The first-order valence-corrected chi connectivity index (χ1v) is 5.22. The number of carboxylic acids is 4. The molecule has 0 fully saturated rings. The Labute approximate surface area is 111 Å². The molecule has 0 heterocycles. The highest BCUT2D eigenvalue weighted by atomic mass is 16.4. The molecule has 0 amide bonds. The van der Waals surface area contributed by atoms with Crippen LogP contribution in [0.5, 0.6) is 0 Å². The zero-order valence-corrected chi connectivity index (χ0v) is 10.0. The van der Waals surface area contributed by atoms with Gasteiger partial charge in [0.05, 0.1) is 12.8 Å². The fourth-order valence-corrected chi connectivity index (χ4v) is 1.21. The fraction of sp³-hybridized carbons (Fsp3) is 0.556. The second-order valence-electron chi connectivity index (χ2n) is 3.71. The highest BCUT2D eigenvalue weighted by molar-refractivity contribution is 5.81. The Kier molecular flexibility index (Phi) is 7.14. The molecule has 0 saturated carbocycles. The summed E-state index contributed by atoms with van der Waals surface area (Å²) in [5, 5.41) is 47.5. The summed E-state index contributed by atoms with van der Waals surface area (Å²) in [5.74, 6) is -6.04. The summed E-state index contributed by atoms with van der Waals surface area (Å²) in [6.45, 7) is 0. The summed E-state index contributed by atoms with van der Waals surface area (Å²) in [6, 6.07) is -3.34. The molecule has 2 atom stereocenters. The van der Waals surface area contributed by atoms with Crippen molar-refractivity contribution >= 4 is 23.9 Å². The van der Waals surface area contributed by atoms with E-state index in [4.69, 9.17) is 20.4 Å². The van der Waals surface area contributed by atoms with Gasteiger partial charge in [-0.05, 0) is 0 Å². The van der Waals surface area contributed by atoms with Crippen LogP contribution in [0.15, 0.2) is 0 Å². The summed E-state index contributed by atoms with van der Waals surface area (Å²) in [4.78, 5) is 42.2. The fourth-order valence-electron chi connectivity index (χ4n) is 1.21. The Bertz CT molecular complexity index is 361. The number of aliphatic hydroxyl groups excluding tert-OH is 1. The molecule has 0 radical (unpaired) electrons.